The van der Waals surface area contributed by atoms with Gasteiger partial charge in [0.25, 0.3) is 11.5 Å². The minimum absolute atomic E-state index is 0.137. The first-order chi connectivity index (χ1) is 17.5. The molecule has 0 atom stereocenters. The molecule has 6 rings (SSSR count). The third kappa shape index (κ3) is 3.71. The Morgan fingerprint density at radius 1 is 0.972 bits per heavy atom. The highest BCUT2D eigenvalue weighted by Gasteiger charge is 2.18. The van der Waals surface area contributed by atoms with Crippen molar-refractivity contribution in [3.8, 4) is 11.6 Å². The van der Waals surface area contributed by atoms with Gasteiger partial charge in [-0.2, -0.15) is 19.9 Å². The molecule has 1 amide bonds. The molecule has 0 spiro atoms. The topological polar surface area (TPSA) is 110 Å². The van der Waals surface area contributed by atoms with Crippen LogP contribution in [0.3, 0.4) is 0 Å². The lowest BCUT2D eigenvalue weighted by atomic mass is 10.0. The summed E-state index contributed by atoms with van der Waals surface area (Å²) in [5.74, 6) is 0.194. The molecule has 3 heterocycles. The van der Waals surface area contributed by atoms with Gasteiger partial charge in [-0.05, 0) is 42.0 Å². The summed E-state index contributed by atoms with van der Waals surface area (Å²) in [7, 11) is 0. The molecule has 2 N–H and O–H groups in total. The Balaban J connectivity index is 1.44. The molecule has 0 saturated heterocycles. The van der Waals surface area contributed by atoms with Crippen LogP contribution in [0, 0.1) is 6.92 Å². The van der Waals surface area contributed by atoms with Gasteiger partial charge in [0.1, 0.15) is 11.2 Å². The first-order valence-corrected chi connectivity index (χ1v) is 11.5. The van der Waals surface area contributed by atoms with Crippen LogP contribution in [0.25, 0.3) is 33.4 Å². The molecule has 0 fully saturated rings. The zero-order valence-corrected chi connectivity index (χ0v) is 19.7. The van der Waals surface area contributed by atoms with E-state index in [9.17, 15) is 9.59 Å². The predicted molar refractivity (Wildman–Crippen MR) is 138 cm³/mol. The molecule has 0 aliphatic heterocycles. The number of carbonyl (C=O) groups excluding carboxylic acids is 1. The maximum absolute atomic E-state index is 13.3. The minimum Gasteiger partial charge on any atom is -0.306 e. The van der Waals surface area contributed by atoms with Crippen molar-refractivity contribution in [2.75, 3.05) is 5.32 Å². The molecule has 6 aromatic rings. The SMILES string of the molecule is Cc1cc(NC(=O)c2cccc3ccccc23)n(-c2nc3c(cnn3-c3cccc(Cl)c3)c(=O)[nH]2)n1. The van der Waals surface area contributed by atoms with E-state index in [0.717, 1.165) is 10.8 Å². The standard InChI is InChI=1S/C26H18ClN7O2/c1-15-12-22(29-24(35)20-11-4-7-16-6-2-3-10-19(16)20)34(32-15)26-30-23-21(25(36)31-26)14-28-33(23)18-9-5-8-17(27)13-18/h2-14H,1H3,(H,29,35)(H,30,31,36). The molecule has 0 bridgehead atoms. The van der Waals surface area contributed by atoms with Crippen LogP contribution in [0.4, 0.5) is 5.82 Å². The van der Waals surface area contributed by atoms with Crippen molar-refractivity contribution in [2.45, 2.75) is 6.92 Å². The van der Waals surface area contributed by atoms with E-state index in [4.69, 9.17) is 11.6 Å². The summed E-state index contributed by atoms with van der Waals surface area (Å²) in [6.07, 6.45) is 1.45. The van der Waals surface area contributed by atoms with Crippen molar-refractivity contribution in [3.05, 3.63) is 106 Å². The van der Waals surface area contributed by atoms with Crippen LogP contribution in [0.1, 0.15) is 16.1 Å². The average Bonchev–Trinajstić information content (AvgIpc) is 3.47. The first kappa shape index (κ1) is 21.8. The summed E-state index contributed by atoms with van der Waals surface area (Å²) in [4.78, 5) is 33.5. The number of aromatic nitrogens is 6. The Morgan fingerprint density at radius 2 is 1.78 bits per heavy atom. The average molecular weight is 496 g/mol. The molecule has 0 aliphatic carbocycles. The number of H-pyrrole nitrogens is 1. The molecule has 36 heavy (non-hydrogen) atoms. The van der Waals surface area contributed by atoms with Gasteiger partial charge in [0.15, 0.2) is 5.65 Å². The predicted octanol–water partition coefficient (Wildman–Crippen LogP) is 4.66. The summed E-state index contributed by atoms with van der Waals surface area (Å²) in [5.41, 5.74) is 1.75. The second-order valence-electron chi connectivity index (χ2n) is 8.23. The number of aryl methyl sites for hydroxylation is 1. The molecule has 0 aliphatic rings. The quantitative estimate of drug-likeness (QED) is 0.369. The molecule has 0 saturated carbocycles. The summed E-state index contributed by atoms with van der Waals surface area (Å²) >= 11 is 6.15. The summed E-state index contributed by atoms with van der Waals surface area (Å²) in [6, 6.07) is 22.0. The Hall–Kier alpha value is -4.76. The Morgan fingerprint density at radius 3 is 2.64 bits per heavy atom. The molecular formula is C26H18ClN7O2. The van der Waals surface area contributed by atoms with Crippen LogP contribution in [-0.4, -0.2) is 35.4 Å². The van der Waals surface area contributed by atoms with Gasteiger partial charge in [-0.25, -0.2) is 4.68 Å². The van der Waals surface area contributed by atoms with E-state index in [-0.39, 0.29) is 17.4 Å². The fraction of sp³-hybridized carbons (Fsp3) is 0.0385. The number of amides is 1. The highest BCUT2D eigenvalue weighted by molar-refractivity contribution is 6.30. The number of carbonyl (C=O) groups is 1. The van der Waals surface area contributed by atoms with E-state index >= 15 is 0 Å². The van der Waals surface area contributed by atoms with Gasteiger partial charge in [0.05, 0.1) is 17.6 Å². The fourth-order valence-corrected chi connectivity index (χ4v) is 4.35. The van der Waals surface area contributed by atoms with Gasteiger partial charge < -0.3 is 5.32 Å². The van der Waals surface area contributed by atoms with Crippen molar-refractivity contribution in [2.24, 2.45) is 0 Å². The van der Waals surface area contributed by atoms with E-state index < -0.39 is 0 Å². The Labute approximate surface area is 209 Å². The van der Waals surface area contributed by atoms with E-state index in [1.165, 1.54) is 15.6 Å². The summed E-state index contributed by atoms with van der Waals surface area (Å²) < 4.78 is 2.93. The Bertz CT molecular complexity index is 1850. The number of hydrogen-bond donors (Lipinski definition) is 2. The number of anilines is 1. The smallest absolute Gasteiger partial charge is 0.263 e. The van der Waals surface area contributed by atoms with Gasteiger partial charge in [-0.1, -0.05) is 54.1 Å². The maximum Gasteiger partial charge on any atom is 0.263 e. The van der Waals surface area contributed by atoms with E-state index in [2.05, 4.69) is 25.5 Å². The number of benzene rings is 3. The number of nitrogens with one attached hydrogen (secondary N) is 2. The Kier molecular flexibility index (Phi) is 5.12. The molecule has 9 nitrogen and oxygen atoms in total. The van der Waals surface area contributed by atoms with Crippen molar-refractivity contribution >= 4 is 45.1 Å². The lowest BCUT2D eigenvalue weighted by molar-refractivity contribution is 0.102. The second kappa shape index (κ2) is 8.47. The highest BCUT2D eigenvalue weighted by atomic mass is 35.5. The number of hydrogen-bond acceptors (Lipinski definition) is 5. The number of nitrogens with zero attached hydrogens (tertiary/aromatic N) is 5. The molecule has 10 heteroatoms. The van der Waals surface area contributed by atoms with Crippen LogP contribution in [0.15, 0.2) is 83.8 Å². The van der Waals surface area contributed by atoms with Crippen LogP contribution in [0.5, 0.6) is 0 Å². The van der Waals surface area contributed by atoms with E-state index in [0.29, 0.717) is 38.8 Å². The maximum atomic E-state index is 13.3. The molecule has 0 radical (unpaired) electrons. The van der Waals surface area contributed by atoms with Gasteiger partial charge in [-0.3, -0.25) is 14.6 Å². The van der Waals surface area contributed by atoms with Crippen LogP contribution in [-0.2, 0) is 0 Å². The molecule has 0 unspecified atom stereocenters. The highest BCUT2D eigenvalue weighted by Crippen LogP contribution is 2.22. The lowest BCUT2D eigenvalue weighted by Gasteiger charge is -2.10. The third-order valence-corrected chi connectivity index (χ3v) is 6.02. The van der Waals surface area contributed by atoms with Crippen molar-refractivity contribution < 1.29 is 4.79 Å². The van der Waals surface area contributed by atoms with Crippen LogP contribution >= 0.6 is 11.6 Å². The molecule has 3 aromatic carbocycles. The monoisotopic (exact) mass is 495 g/mol. The molecule has 176 valence electrons. The van der Waals surface area contributed by atoms with Crippen LogP contribution < -0.4 is 10.9 Å². The number of aromatic amines is 1. The van der Waals surface area contributed by atoms with Gasteiger partial charge in [0.2, 0.25) is 5.95 Å². The second-order valence-corrected chi connectivity index (χ2v) is 8.66. The van der Waals surface area contributed by atoms with Crippen LogP contribution in [0.2, 0.25) is 5.02 Å². The van der Waals surface area contributed by atoms with Gasteiger partial charge in [-0.15, -0.1) is 0 Å². The van der Waals surface area contributed by atoms with E-state index in [1.807, 2.05) is 42.5 Å². The van der Waals surface area contributed by atoms with Gasteiger partial charge >= 0.3 is 0 Å². The number of rotatable bonds is 4. The van der Waals surface area contributed by atoms with Crippen molar-refractivity contribution in [1.82, 2.24) is 29.5 Å². The number of fused-ring (bicyclic) bond motifs is 2. The summed E-state index contributed by atoms with van der Waals surface area (Å²) in [5, 5.41) is 14.3. The lowest BCUT2D eigenvalue weighted by Crippen LogP contribution is -2.19. The van der Waals surface area contributed by atoms with E-state index in [1.54, 1.807) is 37.3 Å². The fourth-order valence-electron chi connectivity index (χ4n) is 4.16. The first-order valence-electron chi connectivity index (χ1n) is 11.1. The minimum atomic E-state index is -0.386. The zero-order valence-electron chi connectivity index (χ0n) is 18.9. The van der Waals surface area contributed by atoms with Gasteiger partial charge in [0, 0.05) is 16.7 Å². The number of halogens is 1. The van der Waals surface area contributed by atoms with Crippen molar-refractivity contribution in [3.63, 3.8) is 0 Å². The van der Waals surface area contributed by atoms with Crippen molar-refractivity contribution in [1.29, 1.82) is 0 Å². The zero-order chi connectivity index (χ0) is 24.8. The largest absolute Gasteiger partial charge is 0.306 e. The molecular weight excluding hydrogens is 478 g/mol. The molecule has 3 aromatic heterocycles. The summed E-state index contributed by atoms with van der Waals surface area (Å²) in [6.45, 7) is 1.79. The third-order valence-electron chi connectivity index (χ3n) is 5.79. The normalized spacial score (nSPS) is 11.3.